The fourth-order valence-electron chi connectivity index (χ4n) is 2.06. The van der Waals surface area contributed by atoms with Crippen molar-refractivity contribution < 1.29 is 13.7 Å². The number of hydrogen-bond donors (Lipinski definition) is 2. The molecule has 0 unspecified atom stereocenters. The Kier molecular flexibility index (Phi) is 2.80. The molecule has 1 aromatic carbocycles. The van der Waals surface area contributed by atoms with Crippen LogP contribution in [-0.2, 0) is 10.2 Å². The van der Waals surface area contributed by atoms with Crippen LogP contribution in [0.2, 0.25) is 0 Å². The molecule has 16 heavy (non-hydrogen) atoms. The van der Waals surface area contributed by atoms with Crippen LogP contribution >= 0.6 is 16.3 Å². The molecule has 1 aliphatic rings. The molecule has 3 N–H and O–H groups in total. The van der Waals surface area contributed by atoms with Gasteiger partial charge in [-0.05, 0) is 30.5 Å². The van der Waals surface area contributed by atoms with Gasteiger partial charge in [0.15, 0.2) is 22.0 Å². The predicted octanol–water partition coefficient (Wildman–Crippen LogP) is 2.46. The maximum atomic E-state index is 11.3. The van der Waals surface area contributed by atoms with E-state index in [4.69, 9.17) is 9.56 Å². The summed E-state index contributed by atoms with van der Waals surface area (Å²) >= 11 is 2.86. The summed E-state index contributed by atoms with van der Waals surface area (Å²) in [6, 6.07) is 5.13. The zero-order valence-electron chi connectivity index (χ0n) is 8.57. The zero-order chi connectivity index (χ0) is 11.8. The van der Waals surface area contributed by atoms with Crippen LogP contribution in [0.1, 0.15) is 24.8 Å². The molecule has 0 radical (unpaired) electrons. The minimum atomic E-state index is -0.774. The third kappa shape index (κ3) is 1.55. The second-order valence-corrected chi connectivity index (χ2v) is 4.39. The van der Waals surface area contributed by atoms with Gasteiger partial charge < -0.3 is 14.7 Å². The highest BCUT2D eigenvalue weighted by Crippen LogP contribution is 2.45. The van der Waals surface area contributed by atoms with E-state index >= 15 is 0 Å². The maximum absolute atomic E-state index is 11.3. The Balaban J connectivity index is 2.43. The van der Waals surface area contributed by atoms with E-state index in [0.29, 0.717) is 24.3 Å². The standard InChI is InChI=1S/C11H12BrNO3/c12-16-9-6-7(2-3-8(9)13)11(10(14)15)4-1-5-11/h2-3,6H,1,4-5,13H2,(H,14,15). The van der Waals surface area contributed by atoms with Gasteiger partial charge in [0.2, 0.25) is 0 Å². The molecule has 1 fully saturated rings. The van der Waals surface area contributed by atoms with Gasteiger partial charge in [-0.1, -0.05) is 12.5 Å². The van der Waals surface area contributed by atoms with Crippen LogP contribution in [0.25, 0.3) is 0 Å². The first-order chi connectivity index (χ1) is 7.60. The average Bonchev–Trinajstić information content (AvgIpc) is 2.18. The van der Waals surface area contributed by atoms with Crippen LogP contribution in [-0.4, -0.2) is 11.1 Å². The normalized spacial score (nSPS) is 17.6. The molecule has 5 heteroatoms. The molecule has 0 heterocycles. The molecule has 1 aromatic rings. The Bertz CT molecular complexity index is 429. The number of carboxylic acids is 1. The molecule has 4 nitrogen and oxygen atoms in total. The lowest BCUT2D eigenvalue weighted by Crippen LogP contribution is -2.42. The molecule has 0 atom stereocenters. The Morgan fingerprint density at radius 3 is 2.62 bits per heavy atom. The van der Waals surface area contributed by atoms with Gasteiger partial charge in [0, 0.05) is 0 Å². The van der Waals surface area contributed by atoms with Gasteiger partial charge in [0.25, 0.3) is 0 Å². The average molecular weight is 286 g/mol. The molecule has 0 aromatic heterocycles. The van der Waals surface area contributed by atoms with E-state index in [9.17, 15) is 9.90 Å². The van der Waals surface area contributed by atoms with Crippen LogP contribution in [0.15, 0.2) is 18.2 Å². The van der Waals surface area contributed by atoms with Crippen molar-refractivity contribution in [3.63, 3.8) is 0 Å². The van der Waals surface area contributed by atoms with Crippen LogP contribution in [0.4, 0.5) is 5.69 Å². The predicted molar refractivity (Wildman–Crippen MR) is 63.6 cm³/mol. The number of carbonyl (C=O) groups is 1. The molecule has 2 rings (SSSR count). The first-order valence-corrected chi connectivity index (χ1v) is 5.67. The molecular weight excluding hydrogens is 274 g/mol. The number of hydrogen-bond acceptors (Lipinski definition) is 3. The monoisotopic (exact) mass is 285 g/mol. The molecule has 0 saturated heterocycles. The number of rotatable bonds is 3. The molecule has 0 spiro atoms. The second-order valence-electron chi connectivity index (χ2n) is 4.07. The number of nitrogen functional groups attached to an aromatic ring is 1. The Morgan fingerprint density at radius 1 is 1.50 bits per heavy atom. The minimum absolute atomic E-state index is 0.463. The lowest BCUT2D eigenvalue weighted by atomic mass is 9.64. The van der Waals surface area contributed by atoms with E-state index in [1.807, 2.05) is 0 Å². The van der Waals surface area contributed by atoms with Crippen LogP contribution in [0.3, 0.4) is 0 Å². The topological polar surface area (TPSA) is 72.6 Å². The number of benzene rings is 1. The molecule has 1 aliphatic carbocycles. The van der Waals surface area contributed by atoms with E-state index in [-0.39, 0.29) is 0 Å². The summed E-state index contributed by atoms with van der Waals surface area (Å²) in [6.07, 6.45) is 2.29. The highest BCUT2D eigenvalue weighted by Gasteiger charge is 2.46. The minimum Gasteiger partial charge on any atom is -0.481 e. The first kappa shape index (κ1) is 11.3. The summed E-state index contributed by atoms with van der Waals surface area (Å²) in [5.74, 6) is -0.311. The van der Waals surface area contributed by atoms with Crippen LogP contribution < -0.4 is 9.56 Å². The molecule has 0 bridgehead atoms. The Morgan fingerprint density at radius 2 is 2.19 bits per heavy atom. The van der Waals surface area contributed by atoms with Crippen molar-refractivity contribution >= 4 is 27.9 Å². The summed E-state index contributed by atoms with van der Waals surface area (Å²) in [6.45, 7) is 0. The lowest BCUT2D eigenvalue weighted by Gasteiger charge is -2.38. The second kappa shape index (κ2) is 3.97. The lowest BCUT2D eigenvalue weighted by molar-refractivity contribution is -0.147. The Labute approximate surface area is 102 Å². The number of halogens is 1. The molecule has 86 valence electrons. The fourth-order valence-corrected chi connectivity index (χ4v) is 2.34. The quantitative estimate of drug-likeness (QED) is 0.837. The summed E-state index contributed by atoms with van der Waals surface area (Å²) in [4.78, 5) is 11.3. The number of anilines is 1. The SMILES string of the molecule is Nc1ccc(C2(C(=O)O)CCC2)cc1OBr. The molecule has 1 saturated carbocycles. The summed E-state index contributed by atoms with van der Waals surface area (Å²) in [5.41, 5.74) is 6.18. The maximum Gasteiger partial charge on any atom is 0.314 e. The summed E-state index contributed by atoms with van der Waals surface area (Å²) < 4.78 is 4.92. The summed E-state index contributed by atoms with van der Waals surface area (Å²) in [5, 5.41) is 9.29. The van der Waals surface area contributed by atoms with Gasteiger partial charge in [-0.25, -0.2) is 0 Å². The summed E-state index contributed by atoms with van der Waals surface area (Å²) in [7, 11) is 0. The first-order valence-electron chi connectivity index (χ1n) is 5.02. The van der Waals surface area contributed by atoms with E-state index in [1.54, 1.807) is 18.2 Å². The number of carboxylic acid groups (broad SMARTS) is 1. The van der Waals surface area contributed by atoms with Crippen molar-refractivity contribution in [3.8, 4) is 5.75 Å². The van der Waals surface area contributed by atoms with Gasteiger partial charge >= 0.3 is 5.97 Å². The fraction of sp³-hybridized carbons (Fsp3) is 0.364. The highest BCUT2D eigenvalue weighted by molar-refractivity contribution is 9.06. The van der Waals surface area contributed by atoms with Gasteiger partial charge in [0.05, 0.1) is 11.1 Å². The largest absolute Gasteiger partial charge is 0.481 e. The van der Waals surface area contributed by atoms with E-state index in [0.717, 1.165) is 12.0 Å². The molecule has 0 amide bonds. The van der Waals surface area contributed by atoms with E-state index in [1.165, 1.54) is 0 Å². The third-order valence-corrected chi connectivity index (χ3v) is 3.61. The number of aliphatic carboxylic acids is 1. The van der Waals surface area contributed by atoms with E-state index < -0.39 is 11.4 Å². The van der Waals surface area contributed by atoms with Crippen molar-refractivity contribution in [3.05, 3.63) is 23.8 Å². The van der Waals surface area contributed by atoms with Crippen molar-refractivity contribution in [2.75, 3.05) is 5.73 Å². The zero-order valence-corrected chi connectivity index (χ0v) is 10.2. The van der Waals surface area contributed by atoms with Gasteiger partial charge in [-0.3, -0.25) is 4.79 Å². The van der Waals surface area contributed by atoms with Crippen molar-refractivity contribution in [2.24, 2.45) is 0 Å². The smallest absolute Gasteiger partial charge is 0.314 e. The molecular formula is C11H12BrNO3. The van der Waals surface area contributed by atoms with Gasteiger partial charge in [0.1, 0.15) is 0 Å². The Hall–Kier alpha value is -1.23. The van der Waals surface area contributed by atoms with Crippen molar-refractivity contribution in [2.45, 2.75) is 24.7 Å². The van der Waals surface area contributed by atoms with Gasteiger partial charge in [-0.2, -0.15) is 0 Å². The van der Waals surface area contributed by atoms with Crippen molar-refractivity contribution in [1.82, 2.24) is 0 Å². The third-order valence-electron chi connectivity index (χ3n) is 3.27. The molecule has 0 aliphatic heterocycles. The van der Waals surface area contributed by atoms with Crippen molar-refractivity contribution in [1.29, 1.82) is 0 Å². The van der Waals surface area contributed by atoms with Crippen LogP contribution in [0, 0.1) is 0 Å². The highest BCUT2D eigenvalue weighted by atomic mass is 79.9. The number of nitrogens with two attached hydrogens (primary N) is 1. The van der Waals surface area contributed by atoms with Gasteiger partial charge in [-0.15, -0.1) is 0 Å². The van der Waals surface area contributed by atoms with Crippen LogP contribution in [0.5, 0.6) is 5.75 Å². The van der Waals surface area contributed by atoms with E-state index in [2.05, 4.69) is 16.3 Å².